The summed E-state index contributed by atoms with van der Waals surface area (Å²) < 4.78 is 14.3. The zero-order valence-corrected chi connectivity index (χ0v) is 9.13. The van der Waals surface area contributed by atoms with Crippen LogP contribution in [-0.2, 0) is 6.54 Å². The number of imidazole rings is 1. The predicted octanol–water partition coefficient (Wildman–Crippen LogP) is 3.38. The van der Waals surface area contributed by atoms with Gasteiger partial charge in [-0.05, 0) is 17.7 Å². The van der Waals surface area contributed by atoms with Crippen LogP contribution in [0.5, 0.6) is 0 Å². The summed E-state index contributed by atoms with van der Waals surface area (Å²) in [4.78, 5) is 3.85. The average Bonchev–Trinajstić information content (AvgIpc) is 2.53. The molecule has 15 heavy (non-hydrogen) atoms. The number of hydrogen-bond donors (Lipinski definition) is 0. The number of nitrogens with zero attached hydrogens (tertiary/aromatic N) is 2. The Kier molecular flexibility index (Phi) is 2.93. The van der Waals surface area contributed by atoms with Crippen molar-refractivity contribution in [2.45, 2.75) is 6.54 Å². The molecule has 2 aromatic rings. The van der Waals surface area contributed by atoms with Crippen molar-refractivity contribution >= 4 is 23.2 Å². The Morgan fingerprint density at radius 2 is 1.87 bits per heavy atom. The molecule has 1 aromatic carbocycles. The van der Waals surface area contributed by atoms with Crippen LogP contribution in [0.25, 0.3) is 0 Å². The Morgan fingerprint density at radius 3 is 2.40 bits per heavy atom. The maximum atomic E-state index is 12.6. The summed E-state index contributed by atoms with van der Waals surface area (Å²) in [6, 6.07) is 6.20. The smallest absolute Gasteiger partial charge is 0.166 e. The van der Waals surface area contributed by atoms with Gasteiger partial charge in [0.2, 0.25) is 0 Å². The van der Waals surface area contributed by atoms with Crippen molar-refractivity contribution in [1.29, 1.82) is 0 Å². The van der Waals surface area contributed by atoms with Gasteiger partial charge in [0, 0.05) is 6.54 Å². The number of rotatable bonds is 2. The molecule has 0 unspecified atom stereocenters. The van der Waals surface area contributed by atoms with Crippen molar-refractivity contribution in [1.82, 2.24) is 9.55 Å². The van der Waals surface area contributed by atoms with E-state index >= 15 is 0 Å². The highest BCUT2D eigenvalue weighted by Gasteiger charge is 2.06. The van der Waals surface area contributed by atoms with Gasteiger partial charge in [0.15, 0.2) is 5.15 Å². The van der Waals surface area contributed by atoms with E-state index in [1.165, 1.54) is 12.1 Å². The van der Waals surface area contributed by atoms with Gasteiger partial charge < -0.3 is 4.57 Å². The van der Waals surface area contributed by atoms with E-state index in [1.54, 1.807) is 23.0 Å². The molecule has 0 saturated heterocycles. The lowest BCUT2D eigenvalue weighted by atomic mass is 10.2. The fourth-order valence-corrected chi connectivity index (χ4v) is 1.54. The molecule has 78 valence electrons. The van der Waals surface area contributed by atoms with E-state index < -0.39 is 0 Å². The second kappa shape index (κ2) is 4.21. The molecule has 0 aliphatic heterocycles. The fourth-order valence-electron chi connectivity index (χ4n) is 1.24. The third kappa shape index (κ3) is 2.30. The van der Waals surface area contributed by atoms with Crippen molar-refractivity contribution < 1.29 is 4.39 Å². The van der Waals surface area contributed by atoms with E-state index in [1.807, 2.05) is 0 Å². The Balaban J connectivity index is 2.22. The number of aromatic nitrogens is 2. The summed E-state index contributed by atoms with van der Waals surface area (Å²) >= 11 is 11.6. The van der Waals surface area contributed by atoms with E-state index in [4.69, 9.17) is 23.2 Å². The first kappa shape index (κ1) is 10.5. The van der Waals surface area contributed by atoms with E-state index in [9.17, 15) is 4.39 Å². The van der Waals surface area contributed by atoms with Gasteiger partial charge in [0.1, 0.15) is 11.0 Å². The summed E-state index contributed by atoms with van der Waals surface area (Å²) in [6.07, 6.45) is 1.55. The van der Waals surface area contributed by atoms with Crippen LogP contribution in [-0.4, -0.2) is 9.55 Å². The lowest BCUT2D eigenvalue weighted by Crippen LogP contribution is -1.97. The van der Waals surface area contributed by atoms with Crippen molar-refractivity contribution in [3.05, 3.63) is 52.3 Å². The Morgan fingerprint density at radius 1 is 1.20 bits per heavy atom. The van der Waals surface area contributed by atoms with Crippen molar-refractivity contribution in [2.24, 2.45) is 0 Å². The molecular weight excluding hydrogens is 238 g/mol. The van der Waals surface area contributed by atoms with Crippen molar-refractivity contribution in [2.75, 3.05) is 0 Å². The molecule has 0 saturated carbocycles. The van der Waals surface area contributed by atoms with Crippen LogP contribution in [0.15, 0.2) is 30.6 Å². The molecule has 0 bridgehead atoms. The Labute approximate surface area is 96.3 Å². The van der Waals surface area contributed by atoms with Gasteiger partial charge in [-0.3, -0.25) is 0 Å². The topological polar surface area (TPSA) is 17.8 Å². The van der Waals surface area contributed by atoms with Crippen molar-refractivity contribution in [3.63, 3.8) is 0 Å². The Hall–Kier alpha value is -1.06. The van der Waals surface area contributed by atoms with Gasteiger partial charge in [0.05, 0.1) is 6.33 Å². The van der Waals surface area contributed by atoms with Crippen LogP contribution in [0.1, 0.15) is 5.56 Å². The zero-order chi connectivity index (χ0) is 10.8. The first-order valence-corrected chi connectivity index (χ1v) is 5.03. The minimum absolute atomic E-state index is 0.256. The highest BCUT2D eigenvalue weighted by Crippen LogP contribution is 2.20. The van der Waals surface area contributed by atoms with Gasteiger partial charge >= 0.3 is 0 Å². The van der Waals surface area contributed by atoms with Crippen LogP contribution >= 0.6 is 23.2 Å². The third-order valence-corrected chi connectivity index (χ3v) is 2.77. The first-order chi connectivity index (χ1) is 7.16. The lowest BCUT2D eigenvalue weighted by Gasteiger charge is -2.03. The molecule has 2 nitrogen and oxygen atoms in total. The molecule has 0 atom stereocenters. The molecule has 0 spiro atoms. The van der Waals surface area contributed by atoms with Gasteiger partial charge in [-0.2, -0.15) is 0 Å². The molecule has 0 fully saturated rings. The van der Waals surface area contributed by atoms with Crippen LogP contribution in [0, 0.1) is 5.82 Å². The molecule has 5 heteroatoms. The van der Waals surface area contributed by atoms with Crippen LogP contribution in [0.3, 0.4) is 0 Å². The van der Waals surface area contributed by atoms with Crippen LogP contribution in [0.4, 0.5) is 4.39 Å². The van der Waals surface area contributed by atoms with Crippen LogP contribution < -0.4 is 0 Å². The molecule has 1 aromatic heterocycles. The average molecular weight is 245 g/mol. The lowest BCUT2D eigenvalue weighted by molar-refractivity contribution is 0.626. The quantitative estimate of drug-likeness (QED) is 0.792. The molecular formula is C10H7Cl2FN2. The van der Waals surface area contributed by atoms with Crippen molar-refractivity contribution in [3.8, 4) is 0 Å². The molecule has 0 amide bonds. The summed E-state index contributed by atoms with van der Waals surface area (Å²) in [5.41, 5.74) is 0.937. The van der Waals surface area contributed by atoms with Gasteiger partial charge in [-0.1, -0.05) is 35.3 Å². The normalized spacial score (nSPS) is 10.6. The third-order valence-electron chi connectivity index (χ3n) is 2.00. The number of halogens is 3. The largest absolute Gasteiger partial charge is 0.316 e. The molecule has 2 rings (SSSR count). The summed E-state index contributed by atoms with van der Waals surface area (Å²) in [5, 5.41) is 0.666. The first-order valence-electron chi connectivity index (χ1n) is 4.27. The summed E-state index contributed by atoms with van der Waals surface area (Å²) in [6.45, 7) is 0.527. The maximum absolute atomic E-state index is 12.6. The highest BCUT2D eigenvalue weighted by molar-refractivity contribution is 6.40. The standard InChI is InChI=1S/C10H7Cl2FN2/c11-9-10(12)15(6-14-9)5-7-1-3-8(13)4-2-7/h1-4,6H,5H2. The minimum atomic E-state index is -0.256. The van der Waals surface area contributed by atoms with Gasteiger partial charge in [0.25, 0.3) is 0 Å². The molecule has 1 heterocycles. The predicted molar refractivity (Wildman–Crippen MR) is 57.7 cm³/mol. The highest BCUT2D eigenvalue weighted by atomic mass is 35.5. The van der Waals surface area contributed by atoms with E-state index in [0.717, 1.165) is 5.56 Å². The second-order valence-electron chi connectivity index (χ2n) is 3.08. The fraction of sp³-hybridized carbons (Fsp3) is 0.100. The van der Waals surface area contributed by atoms with E-state index in [2.05, 4.69) is 4.98 Å². The van der Waals surface area contributed by atoms with E-state index in [0.29, 0.717) is 11.7 Å². The van der Waals surface area contributed by atoms with Crippen LogP contribution in [0.2, 0.25) is 10.3 Å². The molecule has 0 aliphatic rings. The maximum Gasteiger partial charge on any atom is 0.166 e. The monoisotopic (exact) mass is 244 g/mol. The van der Waals surface area contributed by atoms with Gasteiger partial charge in [-0.15, -0.1) is 0 Å². The summed E-state index contributed by atoms with van der Waals surface area (Å²) in [5.74, 6) is -0.256. The molecule has 0 N–H and O–H groups in total. The SMILES string of the molecule is Fc1ccc(Cn2cnc(Cl)c2Cl)cc1. The molecule has 0 aliphatic carbocycles. The van der Waals surface area contributed by atoms with E-state index in [-0.39, 0.29) is 11.0 Å². The van der Waals surface area contributed by atoms with Gasteiger partial charge in [-0.25, -0.2) is 9.37 Å². The summed E-state index contributed by atoms with van der Waals surface area (Å²) in [7, 11) is 0. The zero-order valence-electron chi connectivity index (χ0n) is 7.62. The number of benzene rings is 1. The second-order valence-corrected chi connectivity index (χ2v) is 3.80. The number of hydrogen-bond acceptors (Lipinski definition) is 1. The Bertz CT molecular complexity index is 465. The molecule has 0 radical (unpaired) electrons. The minimum Gasteiger partial charge on any atom is -0.316 e.